The number of methoxy groups -OCH3 is 2. The van der Waals surface area contributed by atoms with Crippen LogP contribution in [0.4, 0.5) is 4.79 Å². The third-order valence-electron chi connectivity index (χ3n) is 4.46. The molecule has 29 heavy (non-hydrogen) atoms. The number of amides is 1. The van der Waals surface area contributed by atoms with Gasteiger partial charge in [-0.2, -0.15) is 0 Å². The van der Waals surface area contributed by atoms with Crippen molar-refractivity contribution in [1.82, 2.24) is 4.90 Å². The lowest BCUT2D eigenvalue weighted by molar-refractivity contribution is 0.0416. The Morgan fingerprint density at radius 2 is 1.66 bits per heavy atom. The quantitative estimate of drug-likeness (QED) is 0.549. The van der Waals surface area contributed by atoms with Crippen molar-refractivity contribution >= 4 is 18.0 Å². The molecule has 0 saturated carbocycles. The average molecular weight is 397 g/mol. The number of carbonyl (C=O) groups excluding carboxylic acids is 2. The molecule has 1 amide bonds. The summed E-state index contributed by atoms with van der Waals surface area (Å²) < 4.78 is 21.0. The van der Waals surface area contributed by atoms with Gasteiger partial charge in [0.1, 0.15) is 17.2 Å². The summed E-state index contributed by atoms with van der Waals surface area (Å²) in [5.74, 6) is 1.32. The number of morpholine rings is 1. The third-order valence-corrected chi connectivity index (χ3v) is 4.46. The molecule has 0 radical (unpaired) electrons. The molecule has 0 N–H and O–H groups in total. The van der Waals surface area contributed by atoms with Crippen LogP contribution in [0, 0.1) is 0 Å². The van der Waals surface area contributed by atoms with Gasteiger partial charge in [-0.25, -0.2) is 4.79 Å². The highest BCUT2D eigenvalue weighted by Gasteiger charge is 2.18. The molecular weight excluding hydrogens is 374 g/mol. The molecule has 1 fully saturated rings. The molecule has 0 spiro atoms. The van der Waals surface area contributed by atoms with Gasteiger partial charge in [0, 0.05) is 19.2 Å². The number of ketones is 1. The summed E-state index contributed by atoms with van der Waals surface area (Å²) in [5.41, 5.74) is 1.25. The van der Waals surface area contributed by atoms with E-state index in [0.717, 1.165) is 5.56 Å². The van der Waals surface area contributed by atoms with Gasteiger partial charge in [-0.15, -0.1) is 0 Å². The van der Waals surface area contributed by atoms with E-state index in [2.05, 4.69) is 0 Å². The SMILES string of the molecule is COc1ccc(C(=O)C=Cc2ccc(OC(=O)N3CCOCC3)cc2)c(OC)c1. The van der Waals surface area contributed by atoms with Crippen LogP contribution < -0.4 is 14.2 Å². The maximum atomic E-state index is 12.5. The number of allylic oxidation sites excluding steroid dienone is 1. The molecule has 0 atom stereocenters. The van der Waals surface area contributed by atoms with Crippen LogP contribution in [0.3, 0.4) is 0 Å². The van der Waals surface area contributed by atoms with Gasteiger partial charge >= 0.3 is 6.09 Å². The Balaban J connectivity index is 1.62. The van der Waals surface area contributed by atoms with E-state index in [1.165, 1.54) is 13.2 Å². The molecule has 3 rings (SSSR count). The first kappa shape index (κ1) is 20.4. The van der Waals surface area contributed by atoms with Gasteiger partial charge in [-0.05, 0) is 35.9 Å². The summed E-state index contributed by atoms with van der Waals surface area (Å²) in [6.07, 6.45) is 2.77. The molecule has 0 bridgehead atoms. The fourth-order valence-electron chi connectivity index (χ4n) is 2.82. The molecule has 1 heterocycles. The average Bonchev–Trinajstić information content (AvgIpc) is 2.78. The Bertz CT molecular complexity index is 885. The summed E-state index contributed by atoms with van der Waals surface area (Å²) >= 11 is 0. The van der Waals surface area contributed by atoms with Crippen molar-refractivity contribution in [2.24, 2.45) is 0 Å². The van der Waals surface area contributed by atoms with Crippen LogP contribution in [0.15, 0.2) is 48.5 Å². The standard InChI is InChI=1S/C22H23NO6/c1-26-18-8-9-19(21(15-18)27-2)20(24)10-5-16-3-6-17(7-4-16)29-22(25)23-11-13-28-14-12-23/h3-10,15H,11-14H2,1-2H3. The van der Waals surface area contributed by atoms with E-state index in [0.29, 0.717) is 49.1 Å². The fraction of sp³-hybridized carbons (Fsp3) is 0.273. The summed E-state index contributed by atoms with van der Waals surface area (Å²) in [4.78, 5) is 26.2. The largest absolute Gasteiger partial charge is 0.497 e. The molecule has 0 unspecified atom stereocenters. The molecule has 2 aromatic carbocycles. The summed E-state index contributed by atoms with van der Waals surface area (Å²) in [6, 6.07) is 12.0. The van der Waals surface area contributed by atoms with Gasteiger partial charge in [0.25, 0.3) is 0 Å². The van der Waals surface area contributed by atoms with Crippen molar-refractivity contribution in [3.63, 3.8) is 0 Å². The summed E-state index contributed by atoms with van der Waals surface area (Å²) in [7, 11) is 3.06. The second kappa shape index (κ2) is 9.75. The highest BCUT2D eigenvalue weighted by Crippen LogP contribution is 2.25. The van der Waals surface area contributed by atoms with Crippen LogP contribution in [0.5, 0.6) is 17.2 Å². The minimum absolute atomic E-state index is 0.188. The van der Waals surface area contributed by atoms with E-state index in [1.807, 2.05) is 0 Å². The van der Waals surface area contributed by atoms with Crippen LogP contribution in [-0.4, -0.2) is 57.3 Å². The lowest BCUT2D eigenvalue weighted by atomic mass is 10.1. The van der Waals surface area contributed by atoms with Gasteiger partial charge in [0.05, 0.1) is 33.0 Å². The van der Waals surface area contributed by atoms with Crippen molar-refractivity contribution in [2.75, 3.05) is 40.5 Å². The third kappa shape index (κ3) is 5.36. The van der Waals surface area contributed by atoms with Crippen molar-refractivity contribution < 1.29 is 28.5 Å². The van der Waals surface area contributed by atoms with Crippen molar-refractivity contribution in [1.29, 1.82) is 0 Å². The van der Waals surface area contributed by atoms with Crippen LogP contribution in [0.25, 0.3) is 6.08 Å². The van der Waals surface area contributed by atoms with E-state index < -0.39 is 6.09 Å². The second-order valence-corrected chi connectivity index (χ2v) is 6.30. The van der Waals surface area contributed by atoms with Crippen LogP contribution in [0.2, 0.25) is 0 Å². The fourth-order valence-corrected chi connectivity index (χ4v) is 2.82. The topological polar surface area (TPSA) is 74.3 Å². The van der Waals surface area contributed by atoms with Gasteiger partial charge in [-0.1, -0.05) is 18.2 Å². The molecule has 2 aromatic rings. The number of carbonyl (C=O) groups is 2. The van der Waals surface area contributed by atoms with Crippen LogP contribution in [0.1, 0.15) is 15.9 Å². The Morgan fingerprint density at radius 3 is 2.31 bits per heavy atom. The predicted molar refractivity (Wildman–Crippen MR) is 108 cm³/mol. The minimum Gasteiger partial charge on any atom is -0.497 e. The molecule has 1 aliphatic heterocycles. The number of hydrogen-bond donors (Lipinski definition) is 0. The summed E-state index contributed by atoms with van der Waals surface area (Å²) in [6.45, 7) is 2.09. The molecule has 152 valence electrons. The van der Waals surface area contributed by atoms with E-state index in [9.17, 15) is 9.59 Å². The zero-order valence-corrected chi connectivity index (χ0v) is 16.4. The summed E-state index contributed by atoms with van der Waals surface area (Å²) in [5, 5.41) is 0. The maximum Gasteiger partial charge on any atom is 0.415 e. The zero-order valence-electron chi connectivity index (χ0n) is 16.4. The first-order valence-corrected chi connectivity index (χ1v) is 9.19. The monoisotopic (exact) mass is 397 g/mol. The van der Waals surface area contributed by atoms with Crippen LogP contribution >= 0.6 is 0 Å². The number of nitrogens with zero attached hydrogens (tertiary/aromatic N) is 1. The van der Waals surface area contributed by atoms with Crippen LogP contribution in [-0.2, 0) is 4.74 Å². The number of ether oxygens (including phenoxy) is 4. The normalized spacial score (nSPS) is 13.9. The molecule has 1 saturated heterocycles. The number of benzene rings is 2. The van der Waals surface area contributed by atoms with Crippen molar-refractivity contribution in [2.45, 2.75) is 0 Å². The first-order chi connectivity index (χ1) is 14.1. The highest BCUT2D eigenvalue weighted by atomic mass is 16.6. The van der Waals surface area contributed by atoms with Gasteiger partial charge in [0.2, 0.25) is 0 Å². The second-order valence-electron chi connectivity index (χ2n) is 6.30. The van der Waals surface area contributed by atoms with E-state index >= 15 is 0 Å². The molecule has 1 aliphatic rings. The molecular formula is C22H23NO6. The van der Waals surface area contributed by atoms with Gasteiger partial charge in [-0.3, -0.25) is 4.79 Å². The number of hydrogen-bond acceptors (Lipinski definition) is 6. The maximum absolute atomic E-state index is 12.5. The van der Waals surface area contributed by atoms with Gasteiger partial charge in [0.15, 0.2) is 5.78 Å². The Labute approximate surface area is 169 Å². The zero-order chi connectivity index (χ0) is 20.6. The first-order valence-electron chi connectivity index (χ1n) is 9.19. The van der Waals surface area contributed by atoms with Gasteiger partial charge < -0.3 is 23.8 Å². The Morgan fingerprint density at radius 1 is 0.966 bits per heavy atom. The Hall–Kier alpha value is -3.32. The van der Waals surface area contributed by atoms with E-state index in [4.69, 9.17) is 18.9 Å². The lowest BCUT2D eigenvalue weighted by Gasteiger charge is -2.25. The predicted octanol–water partition coefficient (Wildman–Crippen LogP) is 3.43. The lowest BCUT2D eigenvalue weighted by Crippen LogP contribution is -2.42. The minimum atomic E-state index is -0.390. The number of rotatable bonds is 6. The van der Waals surface area contributed by atoms with E-state index in [1.54, 1.807) is 60.6 Å². The van der Waals surface area contributed by atoms with Crippen molar-refractivity contribution in [3.8, 4) is 17.2 Å². The van der Waals surface area contributed by atoms with E-state index in [-0.39, 0.29) is 5.78 Å². The molecule has 0 aliphatic carbocycles. The Kier molecular flexibility index (Phi) is 6.86. The molecule has 0 aromatic heterocycles. The smallest absolute Gasteiger partial charge is 0.415 e. The van der Waals surface area contributed by atoms with Crippen molar-refractivity contribution in [3.05, 3.63) is 59.7 Å². The highest BCUT2D eigenvalue weighted by molar-refractivity contribution is 6.08. The molecule has 7 nitrogen and oxygen atoms in total. The molecule has 7 heteroatoms.